The van der Waals surface area contributed by atoms with E-state index in [0.29, 0.717) is 0 Å². The second kappa shape index (κ2) is 5.72. The zero-order valence-corrected chi connectivity index (χ0v) is 14.5. The van der Waals surface area contributed by atoms with Gasteiger partial charge in [-0.2, -0.15) is 0 Å². The minimum atomic E-state index is 0.213. The maximum Gasteiger partial charge on any atom is 0.254 e. The summed E-state index contributed by atoms with van der Waals surface area (Å²) in [5, 5.41) is 0. The van der Waals surface area contributed by atoms with Crippen molar-refractivity contribution >= 4 is 44.4 Å². The highest BCUT2D eigenvalue weighted by atomic mass is 127. The molecule has 2 saturated carbocycles. The quantitative estimate of drug-likeness (QED) is 0.633. The fraction of sp³-hybridized carbons (Fsp3) is 0.533. The zero-order chi connectivity index (χ0) is 13.4. The summed E-state index contributed by atoms with van der Waals surface area (Å²) in [6.07, 6.45) is 5.18. The first kappa shape index (κ1) is 13.9. The zero-order valence-electron chi connectivity index (χ0n) is 10.7. The van der Waals surface area contributed by atoms with Crippen molar-refractivity contribution in [1.29, 1.82) is 0 Å². The molecule has 0 spiro atoms. The smallest absolute Gasteiger partial charge is 0.254 e. The largest absolute Gasteiger partial charge is 0.338 e. The van der Waals surface area contributed by atoms with E-state index in [0.717, 1.165) is 38.5 Å². The van der Waals surface area contributed by atoms with Crippen LogP contribution < -0.4 is 0 Å². The van der Waals surface area contributed by atoms with Crippen molar-refractivity contribution in [1.82, 2.24) is 4.90 Å². The number of carbonyl (C=O) groups excluding carboxylic acids is 1. The molecule has 2 aliphatic rings. The number of carbonyl (C=O) groups is 1. The first-order valence-electron chi connectivity index (χ1n) is 6.88. The van der Waals surface area contributed by atoms with Crippen LogP contribution >= 0.6 is 38.5 Å². The van der Waals surface area contributed by atoms with Crippen LogP contribution in [-0.4, -0.2) is 23.9 Å². The van der Waals surface area contributed by atoms with Crippen LogP contribution in [0.4, 0.5) is 0 Å². The van der Waals surface area contributed by atoms with E-state index in [2.05, 4.69) is 43.4 Å². The monoisotopic (exact) mass is 433 g/mol. The predicted octanol–water partition coefficient (Wildman–Crippen LogP) is 4.32. The number of amides is 1. The molecular weight excluding hydrogens is 417 g/mol. The molecule has 1 aromatic carbocycles. The van der Waals surface area contributed by atoms with Crippen LogP contribution in [0.1, 0.15) is 36.0 Å². The average Bonchev–Trinajstić information content (AvgIpc) is 3.25. The first-order chi connectivity index (χ1) is 9.13. The van der Waals surface area contributed by atoms with Crippen molar-refractivity contribution in [3.8, 4) is 0 Å². The lowest BCUT2D eigenvalue weighted by Gasteiger charge is -2.23. The topological polar surface area (TPSA) is 20.3 Å². The van der Waals surface area contributed by atoms with Gasteiger partial charge < -0.3 is 4.90 Å². The van der Waals surface area contributed by atoms with Crippen molar-refractivity contribution in [2.45, 2.75) is 25.7 Å². The summed E-state index contributed by atoms with van der Waals surface area (Å²) in [6.45, 7) is 1.91. The molecule has 19 heavy (non-hydrogen) atoms. The van der Waals surface area contributed by atoms with Crippen LogP contribution in [0.5, 0.6) is 0 Å². The number of benzene rings is 1. The maximum absolute atomic E-state index is 12.7. The molecule has 0 saturated heterocycles. The van der Waals surface area contributed by atoms with E-state index < -0.39 is 0 Å². The van der Waals surface area contributed by atoms with Gasteiger partial charge >= 0.3 is 0 Å². The molecule has 0 unspecified atom stereocenters. The van der Waals surface area contributed by atoms with E-state index in [4.69, 9.17) is 0 Å². The van der Waals surface area contributed by atoms with Gasteiger partial charge in [-0.1, -0.05) is 15.9 Å². The highest BCUT2D eigenvalue weighted by Crippen LogP contribution is 2.34. The van der Waals surface area contributed by atoms with E-state index in [1.165, 1.54) is 25.7 Å². The molecule has 3 rings (SSSR count). The van der Waals surface area contributed by atoms with E-state index in [1.54, 1.807) is 0 Å². The molecular formula is C15H17BrINO. The number of halogens is 2. The third-order valence-electron chi connectivity index (χ3n) is 3.80. The van der Waals surface area contributed by atoms with Crippen LogP contribution in [0, 0.1) is 15.4 Å². The molecule has 0 aromatic heterocycles. The van der Waals surface area contributed by atoms with E-state index >= 15 is 0 Å². The lowest BCUT2D eigenvalue weighted by atomic mass is 10.2. The molecule has 0 aliphatic heterocycles. The van der Waals surface area contributed by atoms with Gasteiger partial charge in [-0.15, -0.1) is 0 Å². The van der Waals surface area contributed by atoms with Crippen LogP contribution in [-0.2, 0) is 0 Å². The fourth-order valence-corrected chi connectivity index (χ4v) is 3.22. The van der Waals surface area contributed by atoms with Crippen LogP contribution in [0.3, 0.4) is 0 Å². The summed E-state index contributed by atoms with van der Waals surface area (Å²) < 4.78 is 2.02. The second-order valence-electron chi connectivity index (χ2n) is 5.72. The number of nitrogens with zero attached hydrogens (tertiary/aromatic N) is 1. The molecule has 2 nitrogen and oxygen atoms in total. The molecule has 0 radical (unpaired) electrons. The highest BCUT2D eigenvalue weighted by molar-refractivity contribution is 14.1. The standard InChI is InChI=1S/C15H17BrINO/c16-12-5-6-14(17)13(7-12)15(19)18(8-10-1-2-10)9-11-3-4-11/h5-7,10-11H,1-4,8-9H2. The Morgan fingerprint density at radius 1 is 1.21 bits per heavy atom. The number of hydrogen-bond acceptors (Lipinski definition) is 1. The number of rotatable bonds is 5. The fourth-order valence-electron chi connectivity index (χ4n) is 2.30. The van der Waals surface area contributed by atoms with Gasteiger partial charge in [-0.05, 0) is 78.3 Å². The molecule has 0 N–H and O–H groups in total. The molecule has 0 bridgehead atoms. The van der Waals surface area contributed by atoms with E-state index in [1.807, 2.05) is 18.2 Å². The number of hydrogen-bond donors (Lipinski definition) is 0. The average molecular weight is 434 g/mol. The van der Waals surface area contributed by atoms with Gasteiger partial charge in [0.2, 0.25) is 0 Å². The Morgan fingerprint density at radius 3 is 2.32 bits per heavy atom. The van der Waals surface area contributed by atoms with Crippen molar-refractivity contribution < 1.29 is 4.79 Å². The lowest BCUT2D eigenvalue weighted by Crippen LogP contribution is -2.35. The summed E-state index contributed by atoms with van der Waals surface area (Å²) in [5.41, 5.74) is 0.844. The van der Waals surface area contributed by atoms with Crippen molar-refractivity contribution in [2.24, 2.45) is 11.8 Å². The summed E-state index contributed by atoms with van der Waals surface area (Å²) in [7, 11) is 0. The van der Waals surface area contributed by atoms with E-state index in [-0.39, 0.29) is 5.91 Å². The molecule has 2 aliphatic carbocycles. The maximum atomic E-state index is 12.7. The van der Waals surface area contributed by atoms with Gasteiger partial charge in [-0.25, -0.2) is 0 Å². The van der Waals surface area contributed by atoms with Crippen molar-refractivity contribution in [2.75, 3.05) is 13.1 Å². The van der Waals surface area contributed by atoms with Crippen LogP contribution in [0.25, 0.3) is 0 Å². The molecule has 1 amide bonds. The predicted molar refractivity (Wildman–Crippen MR) is 88.2 cm³/mol. The van der Waals surface area contributed by atoms with E-state index in [9.17, 15) is 4.79 Å². The first-order valence-corrected chi connectivity index (χ1v) is 8.75. The summed E-state index contributed by atoms with van der Waals surface area (Å²) in [6, 6.07) is 5.95. The SMILES string of the molecule is O=C(c1cc(Br)ccc1I)N(CC1CC1)CC1CC1. The van der Waals surface area contributed by atoms with Crippen LogP contribution in [0.2, 0.25) is 0 Å². The minimum absolute atomic E-state index is 0.213. The lowest BCUT2D eigenvalue weighted by molar-refractivity contribution is 0.0738. The minimum Gasteiger partial charge on any atom is -0.338 e. The molecule has 0 heterocycles. The van der Waals surface area contributed by atoms with Gasteiger partial charge in [0.15, 0.2) is 0 Å². The van der Waals surface area contributed by atoms with Gasteiger partial charge in [0.1, 0.15) is 0 Å². The molecule has 1 aromatic rings. The molecule has 2 fully saturated rings. The summed E-state index contributed by atoms with van der Waals surface area (Å²) in [5.74, 6) is 1.73. The Hall–Kier alpha value is -0.100. The molecule has 4 heteroatoms. The Bertz CT molecular complexity index is 483. The normalized spacial score (nSPS) is 18.4. The Kier molecular flexibility index (Phi) is 4.17. The summed E-state index contributed by atoms with van der Waals surface area (Å²) >= 11 is 5.72. The van der Waals surface area contributed by atoms with Gasteiger partial charge in [0.05, 0.1) is 5.56 Å². The van der Waals surface area contributed by atoms with Crippen molar-refractivity contribution in [3.63, 3.8) is 0 Å². The molecule has 102 valence electrons. The Labute approximate surface area is 136 Å². The van der Waals surface area contributed by atoms with Gasteiger partial charge in [0.25, 0.3) is 5.91 Å². The molecule has 0 atom stereocenters. The second-order valence-corrected chi connectivity index (χ2v) is 7.80. The van der Waals surface area contributed by atoms with Gasteiger partial charge in [-0.3, -0.25) is 4.79 Å². The highest BCUT2D eigenvalue weighted by Gasteiger charge is 2.32. The Balaban J connectivity index is 1.78. The van der Waals surface area contributed by atoms with Crippen LogP contribution in [0.15, 0.2) is 22.7 Å². The summed E-state index contributed by atoms with van der Waals surface area (Å²) in [4.78, 5) is 14.8. The third kappa shape index (κ3) is 3.72. The Morgan fingerprint density at radius 2 is 1.79 bits per heavy atom. The van der Waals surface area contributed by atoms with Crippen molar-refractivity contribution in [3.05, 3.63) is 31.8 Å². The van der Waals surface area contributed by atoms with Gasteiger partial charge in [0, 0.05) is 21.1 Å². The third-order valence-corrected chi connectivity index (χ3v) is 5.23.